The van der Waals surface area contributed by atoms with E-state index in [0.29, 0.717) is 0 Å². The molecule has 1 aromatic carbocycles. The smallest absolute Gasteiger partial charge is 0.122 e. The molecule has 102 valence electrons. The summed E-state index contributed by atoms with van der Waals surface area (Å²) in [5, 5.41) is 4.27. The third-order valence-electron chi connectivity index (χ3n) is 3.20. The zero-order valence-electron chi connectivity index (χ0n) is 11.4. The lowest BCUT2D eigenvalue weighted by Gasteiger charge is -2.15. The van der Waals surface area contributed by atoms with Gasteiger partial charge in [0.15, 0.2) is 0 Å². The van der Waals surface area contributed by atoms with Gasteiger partial charge in [-0.1, -0.05) is 30.7 Å². The van der Waals surface area contributed by atoms with Crippen LogP contribution >= 0.6 is 11.6 Å². The second kappa shape index (κ2) is 6.73. The minimum atomic E-state index is 0.282. The number of hydrogen-bond acceptors (Lipinski definition) is 2. The van der Waals surface area contributed by atoms with Gasteiger partial charge in [-0.3, -0.25) is 0 Å². The second-order valence-corrected chi connectivity index (χ2v) is 5.13. The van der Waals surface area contributed by atoms with Crippen molar-refractivity contribution < 1.29 is 0 Å². The fraction of sp³-hybridized carbons (Fsp3) is 0.400. The highest BCUT2D eigenvalue weighted by molar-refractivity contribution is 6.30. The summed E-state index contributed by atoms with van der Waals surface area (Å²) >= 11 is 5.90. The van der Waals surface area contributed by atoms with Crippen LogP contribution in [0.1, 0.15) is 37.7 Å². The van der Waals surface area contributed by atoms with Crippen LogP contribution in [0.15, 0.2) is 36.7 Å². The molecular formula is C15H20ClN3. The van der Waals surface area contributed by atoms with Gasteiger partial charge in [0.2, 0.25) is 0 Å². The lowest BCUT2D eigenvalue weighted by atomic mass is 10.1. The molecule has 0 aliphatic heterocycles. The molecule has 0 saturated carbocycles. The summed E-state index contributed by atoms with van der Waals surface area (Å²) in [6, 6.07) is 8.24. The fourth-order valence-corrected chi connectivity index (χ4v) is 2.19. The molecule has 0 unspecified atom stereocenters. The van der Waals surface area contributed by atoms with Gasteiger partial charge in [-0.05, 0) is 31.0 Å². The molecular weight excluding hydrogens is 258 g/mol. The number of aromatic nitrogens is 2. The van der Waals surface area contributed by atoms with Crippen LogP contribution in [0.2, 0.25) is 5.02 Å². The standard InChI is InChI=1S/C15H20ClN3/c1-3-9-19-10-8-17-15(19)11-18-12(2)13-4-6-14(16)7-5-13/h4-8,10,12,18H,3,9,11H2,1-2H3/t12-/m0/s1. The molecule has 0 amide bonds. The lowest BCUT2D eigenvalue weighted by molar-refractivity contribution is 0.532. The summed E-state index contributed by atoms with van der Waals surface area (Å²) < 4.78 is 2.20. The third-order valence-corrected chi connectivity index (χ3v) is 3.45. The number of nitrogens with one attached hydrogen (secondary N) is 1. The van der Waals surface area contributed by atoms with Crippen molar-refractivity contribution in [1.82, 2.24) is 14.9 Å². The monoisotopic (exact) mass is 277 g/mol. The maximum atomic E-state index is 5.90. The number of aryl methyl sites for hydroxylation is 1. The molecule has 2 rings (SSSR count). The Morgan fingerprint density at radius 2 is 2.05 bits per heavy atom. The molecule has 0 spiro atoms. The summed E-state index contributed by atoms with van der Waals surface area (Å²) in [6.45, 7) is 6.12. The summed E-state index contributed by atoms with van der Waals surface area (Å²) in [6.07, 6.45) is 5.02. The van der Waals surface area contributed by atoms with Crippen LogP contribution in [-0.2, 0) is 13.1 Å². The normalized spacial score (nSPS) is 12.6. The second-order valence-electron chi connectivity index (χ2n) is 4.69. The highest BCUT2D eigenvalue weighted by Crippen LogP contribution is 2.16. The van der Waals surface area contributed by atoms with E-state index in [1.165, 1.54) is 5.56 Å². The molecule has 0 fully saturated rings. The van der Waals surface area contributed by atoms with Crippen molar-refractivity contribution in [2.24, 2.45) is 0 Å². The van der Waals surface area contributed by atoms with Gasteiger partial charge in [0.1, 0.15) is 5.82 Å². The van der Waals surface area contributed by atoms with Gasteiger partial charge in [0.05, 0.1) is 6.54 Å². The van der Waals surface area contributed by atoms with Gasteiger partial charge in [-0.2, -0.15) is 0 Å². The predicted molar refractivity (Wildman–Crippen MR) is 79.2 cm³/mol. The maximum absolute atomic E-state index is 5.90. The molecule has 1 aromatic heterocycles. The van der Waals surface area contributed by atoms with Crippen LogP contribution in [0, 0.1) is 0 Å². The van der Waals surface area contributed by atoms with Gasteiger partial charge < -0.3 is 9.88 Å². The Balaban J connectivity index is 1.94. The Hall–Kier alpha value is -1.32. The summed E-state index contributed by atoms with van der Waals surface area (Å²) in [4.78, 5) is 4.39. The van der Waals surface area contributed by atoms with Crippen LogP contribution in [0.3, 0.4) is 0 Å². The van der Waals surface area contributed by atoms with Crippen LogP contribution in [0.5, 0.6) is 0 Å². The average Bonchev–Trinajstić information content (AvgIpc) is 2.85. The van der Waals surface area contributed by atoms with Gasteiger partial charge in [-0.15, -0.1) is 0 Å². The number of benzene rings is 1. The predicted octanol–water partition coefficient (Wildman–Crippen LogP) is 3.80. The zero-order chi connectivity index (χ0) is 13.7. The van der Waals surface area contributed by atoms with Gasteiger partial charge in [-0.25, -0.2) is 4.98 Å². The molecule has 3 nitrogen and oxygen atoms in total. The van der Waals surface area contributed by atoms with Crippen molar-refractivity contribution in [3.8, 4) is 0 Å². The Kier molecular flexibility index (Phi) is 5.00. The zero-order valence-corrected chi connectivity index (χ0v) is 12.2. The van der Waals surface area contributed by atoms with Gasteiger partial charge in [0.25, 0.3) is 0 Å². The fourth-order valence-electron chi connectivity index (χ4n) is 2.07. The third kappa shape index (κ3) is 3.82. The van der Waals surface area contributed by atoms with Crippen LogP contribution in [0.25, 0.3) is 0 Å². The number of hydrogen-bond donors (Lipinski definition) is 1. The number of imidazole rings is 1. The first-order valence-electron chi connectivity index (χ1n) is 6.69. The molecule has 0 bridgehead atoms. The van der Waals surface area contributed by atoms with Crippen molar-refractivity contribution >= 4 is 11.6 Å². The first-order chi connectivity index (χ1) is 9.20. The van der Waals surface area contributed by atoms with Crippen molar-refractivity contribution in [1.29, 1.82) is 0 Å². The molecule has 0 aliphatic rings. The topological polar surface area (TPSA) is 29.9 Å². The number of nitrogens with zero attached hydrogens (tertiary/aromatic N) is 2. The van der Waals surface area contributed by atoms with E-state index < -0.39 is 0 Å². The van der Waals surface area contributed by atoms with E-state index in [2.05, 4.69) is 40.8 Å². The van der Waals surface area contributed by atoms with E-state index >= 15 is 0 Å². The van der Waals surface area contributed by atoms with E-state index in [9.17, 15) is 0 Å². The van der Waals surface area contributed by atoms with Gasteiger partial charge in [0, 0.05) is 30.0 Å². The van der Waals surface area contributed by atoms with Gasteiger partial charge >= 0.3 is 0 Å². The molecule has 19 heavy (non-hydrogen) atoms. The van der Waals surface area contributed by atoms with Crippen molar-refractivity contribution in [2.45, 2.75) is 39.4 Å². The van der Waals surface area contributed by atoms with E-state index in [0.717, 1.165) is 30.4 Å². The summed E-state index contributed by atoms with van der Waals surface area (Å²) in [5.41, 5.74) is 1.23. The molecule has 2 aromatic rings. The van der Waals surface area contributed by atoms with Crippen molar-refractivity contribution in [3.63, 3.8) is 0 Å². The molecule has 1 atom stereocenters. The molecule has 0 aliphatic carbocycles. The number of halogens is 1. The van der Waals surface area contributed by atoms with Crippen molar-refractivity contribution in [2.75, 3.05) is 0 Å². The van der Waals surface area contributed by atoms with E-state index in [4.69, 9.17) is 11.6 Å². The van der Waals surface area contributed by atoms with Crippen LogP contribution in [0.4, 0.5) is 0 Å². The molecule has 4 heteroatoms. The Labute approximate surface area is 119 Å². The maximum Gasteiger partial charge on any atom is 0.122 e. The summed E-state index contributed by atoms with van der Waals surface area (Å²) in [7, 11) is 0. The highest BCUT2D eigenvalue weighted by Gasteiger charge is 2.07. The Bertz CT molecular complexity index is 504. The minimum absolute atomic E-state index is 0.282. The minimum Gasteiger partial charge on any atom is -0.334 e. The summed E-state index contributed by atoms with van der Waals surface area (Å²) in [5.74, 6) is 1.09. The Morgan fingerprint density at radius 3 is 2.74 bits per heavy atom. The first-order valence-corrected chi connectivity index (χ1v) is 7.07. The van der Waals surface area contributed by atoms with E-state index in [1.54, 1.807) is 0 Å². The molecule has 0 saturated heterocycles. The van der Waals surface area contributed by atoms with Crippen LogP contribution in [-0.4, -0.2) is 9.55 Å². The SMILES string of the molecule is CCCn1ccnc1CN[C@@H](C)c1ccc(Cl)cc1. The van der Waals surface area contributed by atoms with Crippen molar-refractivity contribution in [3.05, 3.63) is 53.1 Å². The molecule has 1 heterocycles. The van der Waals surface area contributed by atoms with E-state index in [-0.39, 0.29) is 6.04 Å². The first kappa shape index (κ1) is 14.1. The largest absolute Gasteiger partial charge is 0.334 e. The average molecular weight is 278 g/mol. The van der Waals surface area contributed by atoms with E-state index in [1.807, 2.05) is 24.5 Å². The lowest BCUT2D eigenvalue weighted by Crippen LogP contribution is -2.20. The Morgan fingerprint density at radius 1 is 1.32 bits per heavy atom. The highest BCUT2D eigenvalue weighted by atomic mass is 35.5. The molecule has 1 N–H and O–H groups in total. The molecule has 0 radical (unpaired) electrons. The quantitative estimate of drug-likeness (QED) is 0.870. The number of rotatable bonds is 6. The van der Waals surface area contributed by atoms with Crippen LogP contribution < -0.4 is 5.32 Å².